The molecule has 26 heavy (non-hydrogen) atoms. The SMILES string of the molecule is CCS(=O)(=O)N1CC(CNc2cc(-c3ccccc3)nc3ncnn23)C1. The van der Waals surface area contributed by atoms with Crippen LogP contribution in [-0.4, -0.2) is 57.7 Å². The third kappa shape index (κ3) is 3.15. The molecule has 0 spiro atoms. The zero-order valence-corrected chi connectivity index (χ0v) is 15.2. The Hall–Kier alpha value is -2.52. The fourth-order valence-corrected chi connectivity index (χ4v) is 4.25. The molecule has 4 rings (SSSR count). The van der Waals surface area contributed by atoms with E-state index in [0.29, 0.717) is 25.4 Å². The van der Waals surface area contributed by atoms with Crippen LogP contribution < -0.4 is 5.32 Å². The molecule has 0 radical (unpaired) electrons. The first-order valence-corrected chi connectivity index (χ1v) is 10.2. The summed E-state index contributed by atoms with van der Waals surface area (Å²) in [6.45, 7) is 3.45. The summed E-state index contributed by atoms with van der Waals surface area (Å²) in [5.74, 6) is 1.75. The molecule has 2 aromatic heterocycles. The Kier molecular flexibility index (Phi) is 4.33. The van der Waals surface area contributed by atoms with Crippen molar-refractivity contribution in [3.63, 3.8) is 0 Å². The van der Waals surface area contributed by atoms with Crippen LogP contribution in [0.25, 0.3) is 17.0 Å². The van der Waals surface area contributed by atoms with Gasteiger partial charge in [0.15, 0.2) is 0 Å². The first kappa shape index (κ1) is 16.9. The second-order valence-corrected chi connectivity index (χ2v) is 8.59. The van der Waals surface area contributed by atoms with Crippen LogP contribution in [0.3, 0.4) is 0 Å². The summed E-state index contributed by atoms with van der Waals surface area (Å²) in [4.78, 5) is 8.74. The lowest BCUT2D eigenvalue weighted by Crippen LogP contribution is -2.52. The van der Waals surface area contributed by atoms with Gasteiger partial charge in [-0.05, 0) is 6.92 Å². The second-order valence-electron chi connectivity index (χ2n) is 6.33. The van der Waals surface area contributed by atoms with Crippen molar-refractivity contribution in [2.45, 2.75) is 6.92 Å². The minimum absolute atomic E-state index is 0.150. The maximum absolute atomic E-state index is 11.8. The highest BCUT2D eigenvalue weighted by Gasteiger charge is 2.34. The van der Waals surface area contributed by atoms with Gasteiger partial charge in [-0.25, -0.2) is 17.7 Å². The maximum Gasteiger partial charge on any atom is 0.254 e. The van der Waals surface area contributed by atoms with Crippen LogP contribution in [0, 0.1) is 5.92 Å². The number of hydrogen-bond acceptors (Lipinski definition) is 6. The monoisotopic (exact) mass is 372 g/mol. The predicted octanol–water partition coefficient (Wildman–Crippen LogP) is 1.48. The van der Waals surface area contributed by atoms with Gasteiger partial charge in [0.05, 0.1) is 11.4 Å². The van der Waals surface area contributed by atoms with Crippen molar-refractivity contribution in [1.29, 1.82) is 0 Å². The zero-order chi connectivity index (χ0) is 18.1. The molecule has 9 heteroatoms. The Balaban J connectivity index is 1.51. The van der Waals surface area contributed by atoms with Crippen molar-refractivity contribution in [2.75, 3.05) is 30.7 Å². The molecule has 1 aliphatic heterocycles. The number of anilines is 1. The topological polar surface area (TPSA) is 92.5 Å². The van der Waals surface area contributed by atoms with E-state index in [1.54, 1.807) is 11.4 Å². The number of benzene rings is 1. The molecule has 3 aromatic rings. The quantitative estimate of drug-likeness (QED) is 0.705. The molecule has 8 nitrogen and oxygen atoms in total. The van der Waals surface area contributed by atoms with Gasteiger partial charge in [-0.2, -0.15) is 14.6 Å². The van der Waals surface area contributed by atoms with Crippen LogP contribution in [0.4, 0.5) is 5.82 Å². The average molecular weight is 372 g/mol. The number of rotatable bonds is 6. The van der Waals surface area contributed by atoms with Crippen molar-refractivity contribution in [3.8, 4) is 11.3 Å². The fraction of sp³-hybridized carbons (Fsp3) is 0.353. The Morgan fingerprint density at radius 1 is 1.23 bits per heavy atom. The normalized spacial score (nSPS) is 15.9. The molecule has 0 amide bonds. The minimum Gasteiger partial charge on any atom is -0.369 e. The molecule has 0 saturated carbocycles. The van der Waals surface area contributed by atoms with Crippen LogP contribution in [-0.2, 0) is 10.0 Å². The van der Waals surface area contributed by atoms with Gasteiger partial charge in [-0.3, -0.25) is 0 Å². The van der Waals surface area contributed by atoms with E-state index in [1.165, 1.54) is 10.6 Å². The fourth-order valence-electron chi connectivity index (χ4n) is 3.01. The van der Waals surface area contributed by atoms with Crippen molar-refractivity contribution in [1.82, 2.24) is 23.9 Å². The first-order chi connectivity index (χ1) is 12.6. The van der Waals surface area contributed by atoms with Gasteiger partial charge in [0.1, 0.15) is 12.1 Å². The molecule has 0 atom stereocenters. The van der Waals surface area contributed by atoms with E-state index in [9.17, 15) is 8.42 Å². The number of fused-ring (bicyclic) bond motifs is 1. The van der Waals surface area contributed by atoms with E-state index in [4.69, 9.17) is 0 Å². The number of nitrogens with zero attached hydrogens (tertiary/aromatic N) is 5. The molecule has 0 bridgehead atoms. The van der Waals surface area contributed by atoms with E-state index in [1.807, 2.05) is 36.4 Å². The summed E-state index contributed by atoms with van der Waals surface area (Å²) < 4.78 is 26.8. The predicted molar refractivity (Wildman–Crippen MR) is 99.2 cm³/mol. The lowest BCUT2D eigenvalue weighted by Gasteiger charge is -2.38. The lowest BCUT2D eigenvalue weighted by molar-refractivity contribution is 0.212. The zero-order valence-electron chi connectivity index (χ0n) is 14.4. The molecule has 1 N–H and O–H groups in total. The number of aromatic nitrogens is 4. The molecule has 1 fully saturated rings. The maximum atomic E-state index is 11.8. The van der Waals surface area contributed by atoms with Gasteiger partial charge in [0, 0.05) is 37.2 Å². The van der Waals surface area contributed by atoms with Crippen molar-refractivity contribution in [2.24, 2.45) is 5.92 Å². The van der Waals surface area contributed by atoms with Crippen LogP contribution in [0.1, 0.15) is 6.92 Å². The van der Waals surface area contributed by atoms with Crippen LogP contribution in [0.2, 0.25) is 0 Å². The Morgan fingerprint density at radius 3 is 2.73 bits per heavy atom. The Morgan fingerprint density at radius 2 is 2.00 bits per heavy atom. The summed E-state index contributed by atoms with van der Waals surface area (Å²) >= 11 is 0. The van der Waals surface area contributed by atoms with Crippen molar-refractivity contribution < 1.29 is 8.42 Å². The molecule has 1 aromatic carbocycles. The number of sulfonamides is 1. The molecule has 1 saturated heterocycles. The van der Waals surface area contributed by atoms with Gasteiger partial charge >= 0.3 is 0 Å². The molecule has 1 aliphatic rings. The van der Waals surface area contributed by atoms with Gasteiger partial charge < -0.3 is 5.32 Å². The third-order valence-corrected chi connectivity index (χ3v) is 6.39. The van der Waals surface area contributed by atoms with Crippen LogP contribution >= 0.6 is 0 Å². The summed E-state index contributed by atoms with van der Waals surface area (Å²) in [6.07, 6.45) is 1.47. The molecular weight excluding hydrogens is 352 g/mol. The standard InChI is InChI=1S/C17H20N6O2S/c1-2-26(24,25)22-10-13(11-22)9-18-16-8-15(14-6-4-3-5-7-14)21-17-19-12-20-23(16)17/h3-8,12-13,18H,2,9-11H2,1H3. The number of nitrogens with one attached hydrogen (secondary N) is 1. The molecule has 0 aliphatic carbocycles. The average Bonchev–Trinajstić information content (AvgIpc) is 3.09. The highest BCUT2D eigenvalue weighted by atomic mass is 32.2. The third-order valence-electron chi connectivity index (χ3n) is 4.58. The van der Waals surface area contributed by atoms with E-state index in [-0.39, 0.29) is 11.7 Å². The van der Waals surface area contributed by atoms with E-state index >= 15 is 0 Å². The van der Waals surface area contributed by atoms with Crippen molar-refractivity contribution >= 4 is 21.6 Å². The molecular formula is C17H20N6O2S. The summed E-state index contributed by atoms with van der Waals surface area (Å²) in [5, 5.41) is 7.59. The summed E-state index contributed by atoms with van der Waals surface area (Å²) in [7, 11) is -3.08. The molecule has 3 heterocycles. The second kappa shape index (κ2) is 6.65. The molecule has 136 valence electrons. The highest BCUT2D eigenvalue weighted by Crippen LogP contribution is 2.23. The highest BCUT2D eigenvalue weighted by molar-refractivity contribution is 7.89. The van der Waals surface area contributed by atoms with Crippen molar-refractivity contribution in [3.05, 3.63) is 42.7 Å². The van der Waals surface area contributed by atoms with Gasteiger partial charge in [0.25, 0.3) is 5.78 Å². The summed E-state index contributed by atoms with van der Waals surface area (Å²) in [6, 6.07) is 11.8. The van der Waals surface area contributed by atoms with E-state index in [0.717, 1.165) is 17.1 Å². The van der Waals surface area contributed by atoms with E-state index < -0.39 is 10.0 Å². The minimum atomic E-state index is -3.08. The number of hydrogen-bond donors (Lipinski definition) is 1. The lowest BCUT2D eigenvalue weighted by atomic mass is 10.0. The van der Waals surface area contributed by atoms with Gasteiger partial charge in [-0.15, -0.1) is 0 Å². The van der Waals surface area contributed by atoms with Gasteiger partial charge in [0.2, 0.25) is 10.0 Å². The first-order valence-electron chi connectivity index (χ1n) is 8.54. The Bertz CT molecular complexity index is 1010. The van der Waals surface area contributed by atoms with Crippen LogP contribution in [0.5, 0.6) is 0 Å². The van der Waals surface area contributed by atoms with E-state index in [2.05, 4.69) is 20.4 Å². The Labute approximate surface area is 151 Å². The smallest absolute Gasteiger partial charge is 0.254 e. The largest absolute Gasteiger partial charge is 0.369 e. The summed E-state index contributed by atoms with van der Waals surface area (Å²) in [5.41, 5.74) is 1.82. The van der Waals surface area contributed by atoms with Crippen LogP contribution in [0.15, 0.2) is 42.7 Å². The molecule has 0 unspecified atom stereocenters. The van der Waals surface area contributed by atoms with Gasteiger partial charge in [-0.1, -0.05) is 30.3 Å².